The number of aryl methyl sites for hydroxylation is 2. The minimum atomic E-state index is -0.510. The number of rotatable bonds is 7. The molecule has 4 aliphatic rings. The molecule has 0 spiro atoms. The van der Waals surface area contributed by atoms with Crippen LogP contribution in [-0.2, 0) is 39.8 Å². The summed E-state index contributed by atoms with van der Waals surface area (Å²) in [4.78, 5) is 14.0. The summed E-state index contributed by atoms with van der Waals surface area (Å²) in [6.07, 6.45) is 11.4. The van der Waals surface area contributed by atoms with Gasteiger partial charge in [0.15, 0.2) is 0 Å². The number of benzene rings is 3. The monoisotopic (exact) mass is 660 g/mol. The van der Waals surface area contributed by atoms with Crippen LogP contribution in [0.5, 0.6) is 11.5 Å². The Morgan fingerprint density at radius 3 is 1.98 bits per heavy atom. The van der Waals surface area contributed by atoms with Gasteiger partial charge in [-0.05, 0) is 143 Å². The SMILES string of the molecule is CC(C)c1cc2c(cc1Oc1cc3c(cc1C(C)C)CCC1C(C)(C(=O)OCc4ccccc4)CCCC31C)C1(C)CCCC(C)C1CC2. The van der Waals surface area contributed by atoms with Gasteiger partial charge in [-0.3, -0.25) is 4.79 Å². The second kappa shape index (κ2) is 12.9. The first-order valence-electron chi connectivity index (χ1n) is 19.6. The van der Waals surface area contributed by atoms with Crippen LogP contribution < -0.4 is 4.74 Å². The van der Waals surface area contributed by atoms with E-state index in [1.54, 1.807) is 11.1 Å². The molecule has 0 aromatic heterocycles. The normalized spacial score (nSPS) is 30.6. The number of hydrogen-bond donors (Lipinski definition) is 0. The van der Waals surface area contributed by atoms with Crippen LogP contribution in [0.15, 0.2) is 54.6 Å². The molecule has 2 fully saturated rings. The zero-order valence-corrected chi connectivity index (χ0v) is 31.6. The predicted octanol–water partition coefficient (Wildman–Crippen LogP) is 12.1. The van der Waals surface area contributed by atoms with E-state index in [1.165, 1.54) is 54.4 Å². The molecule has 0 radical (unpaired) electrons. The largest absolute Gasteiger partial charge is 0.460 e. The summed E-state index contributed by atoms with van der Waals surface area (Å²) in [5.41, 5.74) is 9.19. The Morgan fingerprint density at radius 2 is 1.35 bits per heavy atom. The summed E-state index contributed by atoms with van der Waals surface area (Å²) in [5.74, 6) is 4.48. The highest BCUT2D eigenvalue weighted by Crippen LogP contribution is 2.59. The van der Waals surface area contributed by atoms with Crippen molar-refractivity contribution in [1.82, 2.24) is 0 Å². The molecule has 6 atom stereocenters. The molecule has 3 heteroatoms. The molecule has 7 rings (SSSR count). The van der Waals surface area contributed by atoms with E-state index in [0.29, 0.717) is 18.4 Å². The molecule has 0 bridgehead atoms. The number of carbonyl (C=O) groups excluding carboxylic acids is 1. The van der Waals surface area contributed by atoms with Gasteiger partial charge in [-0.15, -0.1) is 0 Å². The molecular weight excluding hydrogens is 601 g/mol. The zero-order valence-electron chi connectivity index (χ0n) is 31.6. The van der Waals surface area contributed by atoms with Crippen LogP contribution >= 0.6 is 0 Å². The van der Waals surface area contributed by atoms with Crippen LogP contribution in [-0.4, -0.2) is 5.97 Å². The quantitative estimate of drug-likeness (QED) is 0.237. The Hall–Kier alpha value is -3.07. The molecular formula is C46H60O3. The summed E-state index contributed by atoms with van der Waals surface area (Å²) in [7, 11) is 0. The summed E-state index contributed by atoms with van der Waals surface area (Å²) >= 11 is 0. The summed E-state index contributed by atoms with van der Waals surface area (Å²) in [5, 5.41) is 0. The zero-order chi connectivity index (χ0) is 34.7. The fourth-order valence-electron chi connectivity index (χ4n) is 11.3. The number of esters is 1. The number of carbonyl (C=O) groups is 1. The molecule has 49 heavy (non-hydrogen) atoms. The van der Waals surface area contributed by atoms with Crippen LogP contribution in [0.3, 0.4) is 0 Å². The molecule has 0 amide bonds. The van der Waals surface area contributed by atoms with Gasteiger partial charge in [-0.2, -0.15) is 0 Å². The lowest BCUT2D eigenvalue weighted by Gasteiger charge is -2.54. The first-order valence-corrected chi connectivity index (χ1v) is 19.6. The van der Waals surface area contributed by atoms with Crippen molar-refractivity contribution in [3.8, 4) is 11.5 Å². The third kappa shape index (κ3) is 5.85. The first-order chi connectivity index (χ1) is 23.3. The molecule has 0 aliphatic heterocycles. The van der Waals surface area contributed by atoms with E-state index in [9.17, 15) is 4.79 Å². The standard InChI is InChI=1S/C46H60O3/c1-29(2)35-24-33-17-19-37-31(5)14-12-21-44(37,6)38(33)26-40(35)49-41-27-39-34(25-36(41)30(3)4)18-20-42-45(39,7)22-13-23-46(42,8)43(47)48-28-32-15-10-9-11-16-32/h9-11,15-16,24-27,29-31,37,42H,12-14,17-23,28H2,1-8H3. The van der Waals surface area contributed by atoms with Gasteiger partial charge in [0.1, 0.15) is 18.1 Å². The minimum absolute atomic E-state index is 0.0366. The van der Waals surface area contributed by atoms with Crippen molar-refractivity contribution in [3.05, 3.63) is 93.5 Å². The number of ether oxygens (including phenoxy) is 2. The van der Waals surface area contributed by atoms with Gasteiger partial charge in [0, 0.05) is 0 Å². The van der Waals surface area contributed by atoms with Crippen molar-refractivity contribution in [3.63, 3.8) is 0 Å². The molecule has 6 unspecified atom stereocenters. The summed E-state index contributed by atoms with van der Waals surface area (Å²) in [6, 6.07) is 19.9. The highest BCUT2D eigenvalue weighted by Gasteiger charge is 2.56. The van der Waals surface area contributed by atoms with E-state index < -0.39 is 5.41 Å². The van der Waals surface area contributed by atoms with Gasteiger partial charge < -0.3 is 9.47 Å². The molecule has 0 N–H and O–H groups in total. The first kappa shape index (κ1) is 34.4. The van der Waals surface area contributed by atoms with E-state index in [-0.39, 0.29) is 22.7 Å². The van der Waals surface area contributed by atoms with Crippen molar-refractivity contribution in [2.45, 2.75) is 149 Å². The van der Waals surface area contributed by atoms with Gasteiger partial charge in [0.05, 0.1) is 5.41 Å². The maximum atomic E-state index is 14.0. The second-order valence-electron chi connectivity index (χ2n) is 17.8. The van der Waals surface area contributed by atoms with Crippen LogP contribution in [0.4, 0.5) is 0 Å². The molecule has 0 saturated heterocycles. The predicted molar refractivity (Wildman–Crippen MR) is 201 cm³/mol. The van der Waals surface area contributed by atoms with Crippen molar-refractivity contribution >= 4 is 5.97 Å². The minimum Gasteiger partial charge on any atom is -0.460 e. The van der Waals surface area contributed by atoms with E-state index in [0.717, 1.165) is 61.0 Å². The fourth-order valence-corrected chi connectivity index (χ4v) is 11.3. The Morgan fingerprint density at radius 1 is 0.755 bits per heavy atom. The summed E-state index contributed by atoms with van der Waals surface area (Å²) in [6.45, 7) is 19.2. The second-order valence-corrected chi connectivity index (χ2v) is 17.8. The lowest BCUT2D eigenvalue weighted by Crippen LogP contribution is -2.52. The van der Waals surface area contributed by atoms with Crippen molar-refractivity contribution < 1.29 is 14.3 Å². The molecule has 262 valence electrons. The molecule has 4 aliphatic carbocycles. The van der Waals surface area contributed by atoms with Crippen molar-refractivity contribution in [2.24, 2.45) is 23.2 Å². The van der Waals surface area contributed by atoms with Gasteiger partial charge >= 0.3 is 5.97 Å². The van der Waals surface area contributed by atoms with E-state index in [1.807, 2.05) is 30.3 Å². The number of hydrogen-bond acceptors (Lipinski definition) is 3. The van der Waals surface area contributed by atoms with Gasteiger partial charge in [0.25, 0.3) is 0 Å². The third-order valence-electron chi connectivity index (χ3n) is 14.1. The van der Waals surface area contributed by atoms with Crippen LogP contribution in [0.1, 0.15) is 158 Å². The molecule has 3 aromatic rings. The Kier molecular flexibility index (Phi) is 9.06. The molecule has 3 aromatic carbocycles. The highest BCUT2D eigenvalue weighted by atomic mass is 16.5. The molecule has 2 saturated carbocycles. The van der Waals surface area contributed by atoms with Gasteiger partial charge in [-0.1, -0.05) is 110 Å². The Labute approximate surface area is 296 Å². The highest BCUT2D eigenvalue weighted by molar-refractivity contribution is 5.77. The molecule has 3 nitrogen and oxygen atoms in total. The van der Waals surface area contributed by atoms with Crippen LogP contribution in [0.2, 0.25) is 0 Å². The topological polar surface area (TPSA) is 35.5 Å². The Balaban J connectivity index is 1.26. The van der Waals surface area contributed by atoms with Crippen molar-refractivity contribution in [2.75, 3.05) is 0 Å². The fraction of sp³-hybridized carbons (Fsp3) is 0.587. The van der Waals surface area contributed by atoms with E-state index in [4.69, 9.17) is 9.47 Å². The van der Waals surface area contributed by atoms with Crippen LogP contribution in [0.25, 0.3) is 0 Å². The lowest BCUT2D eigenvalue weighted by atomic mass is 9.49. The smallest absolute Gasteiger partial charge is 0.312 e. The van der Waals surface area contributed by atoms with Gasteiger partial charge in [-0.25, -0.2) is 0 Å². The Bertz CT molecular complexity index is 1700. The average Bonchev–Trinajstić information content (AvgIpc) is 3.07. The van der Waals surface area contributed by atoms with E-state index in [2.05, 4.69) is 79.7 Å². The molecule has 0 heterocycles. The maximum Gasteiger partial charge on any atom is 0.312 e. The summed E-state index contributed by atoms with van der Waals surface area (Å²) < 4.78 is 13.3. The third-order valence-corrected chi connectivity index (χ3v) is 14.1. The van der Waals surface area contributed by atoms with Crippen molar-refractivity contribution in [1.29, 1.82) is 0 Å². The van der Waals surface area contributed by atoms with Crippen LogP contribution in [0, 0.1) is 23.2 Å². The maximum absolute atomic E-state index is 14.0. The van der Waals surface area contributed by atoms with E-state index >= 15 is 0 Å². The van der Waals surface area contributed by atoms with Gasteiger partial charge in [0.2, 0.25) is 0 Å². The average molecular weight is 661 g/mol. The lowest BCUT2D eigenvalue weighted by molar-refractivity contribution is -0.166. The number of fused-ring (bicyclic) bond motifs is 6.